The largest absolute Gasteiger partial charge is 0.361 e. The number of nitrogens with zero attached hydrogens (tertiary/aromatic N) is 3. The number of benzene rings is 2. The van der Waals surface area contributed by atoms with E-state index in [9.17, 15) is 0 Å². The van der Waals surface area contributed by atoms with Crippen LogP contribution in [0.5, 0.6) is 0 Å². The first-order valence-electron chi connectivity index (χ1n) is 12.2. The maximum atomic E-state index is 5.40. The summed E-state index contributed by atoms with van der Waals surface area (Å²) in [5.41, 5.74) is 10.3. The molecule has 8 rings (SSSR count). The lowest BCUT2D eigenvalue weighted by molar-refractivity contribution is 0.170. The highest BCUT2D eigenvalue weighted by Gasteiger charge is 2.76. The van der Waals surface area contributed by atoms with E-state index < -0.39 is 0 Å². The number of para-hydroxylation sites is 2. The van der Waals surface area contributed by atoms with E-state index in [0.29, 0.717) is 0 Å². The summed E-state index contributed by atoms with van der Waals surface area (Å²) in [4.78, 5) is 10.6. The first-order chi connectivity index (χ1) is 15.6. The second kappa shape index (κ2) is 5.48. The van der Waals surface area contributed by atoms with Crippen molar-refractivity contribution >= 4 is 17.2 Å². The van der Waals surface area contributed by atoms with Gasteiger partial charge < -0.3 is 15.1 Å². The fraction of sp³-hybridized carbons (Fsp3) is 0.393. The summed E-state index contributed by atoms with van der Waals surface area (Å²) in [6.45, 7) is 5.02. The average Bonchev–Trinajstić information content (AvgIpc) is 3.55. The van der Waals surface area contributed by atoms with Crippen LogP contribution in [0.4, 0.5) is 11.4 Å². The molecule has 4 unspecified atom stereocenters. The molecule has 0 amide bonds. The van der Waals surface area contributed by atoms with Crippen LogP contribution >= 0.6 is 0 Å². The monoisotopic (exact) mass is 420 g/mol. The van der Waals surface area contributed by atoms with Gasteiger partial charge in [0.2, 0.25) is 0 Å². The molecule has 0 saturated carbocycles. The topological polar surface area (TPSA) is 30.9 Å². The first kappa shape index (κ1) is 17.5. The first-order valence-corrected chi connectivity index (χ1v) is 12.2. The highest BCUT2D eigenvalue weighted by atomic mass is 15.5. The molecule has 1 fully saturated rings. The molecule has 1 saturated heterocycles. The molecule has 0 bridgehead atoms. The van der Waals surface area contributed by atoms with Gasteiger partial charge in [0.15, 0.2) is 12.0 Å². The van der Waals surface area contributed by atoms with E-state index in [4.69, 9.17) is 4.99 Å². The third-order valence-corrected chi connectivity index (χ3v) is 9.41. The second-order valence-corrected chi connectivity index (χ2v) is 10.6. The number of hydrogen-bond acceptors (Lipinski definition) is 4. The molecule has 4 nitrogen and oxygen atoms in total. The zero-order chi connectivity index (χ0) is 21.2. The van der Waals surface area contributed by atoms with Gasteiger partial charge in [-0.1, -0.05) is 61.4 Å². The molecule has 1 N–H and O–H groups in total. The average molecular weight is 421 g/mol. The highest BCUT2D eigenvalue weighted by molar-refractivity contribution is 6.10. The van der Waals surface area contributed by atoms with E-state index >= 15 is 0 Å². The van der Waals surface area contributed by atoms with E-state index in [1.54, 1.807) is 11.1 Å². The molecule has 2 aromatic carbocycles. The summed E-state index contributed by atoms with van der Waals surface area (Å²) in [6, 6.07) is 20.1. The zero-order valence-corrected chi connectivity index (χ0v) is 18.7. The number of amidine groups is 1. The van der Waals surface area contributed by atoms with Gasteiger partial charge in [-0.05, 0) is 55.9 Å². The Morgan fingerprint density at radius 1 is 0.938 bits per heavy atom. The zero-order valence-electron chi connectivity index (χ0n) is 18.7. The number of hydrogen-bond donors (Lipinski definition) is 1. The van der Waals surface area contributed by atoms with Gasteiger partial charge in [0.1, 0.15) is 6.17 Å². The summed E-state index contributed by atoms with van der Waals surface area (Å²) < 4.78 is 0. The van der Waals surface area contributed by atoms with Gasteiger partial charge in [-0.25, -0.2) is 4.99 Å². The Morgan fingerprint density at radius 2 is 1.72 bits per heavy atom. The smallest absolute Gasteiger partial charge is 0.161 e. The lowest BCUT2D eigenvalue weighted by atomic mass is 9.51. The standard InChI is InChI=1S/C28H28N4/c1-27-18-12-6-9-15-23(18)32-25-24(29-21-13-7-8-14-22(21)30-25)31(17-10-4-3-5-11-17)26(32)28(27,2)20-16-19(20)27/h3-6,9-12,15,24,26,29H,7-8,13-14,16H2,1-2H3. The van der Waals surface area contributed by atoms with Crippen molar-refractivity contribution in [3.05, 3.63) is 82.7 Å². The van der Waals surface area contributed by atoms with Gasteiger partial charge in [0, 0.05) is 27.9 Å². The second-order valence-electron chi connectivity index (χ2n) is 10.6. The molecule has 2 aromatic rings. The number of aliphatic imine (C=N–C) groups is 1. The van der Waals surface area contributed by atoms with E-state index in [2.05, 4.69) is 83.6 Å². The van der Waals surface area contributed by atoms with Crippen molar-refractivity contribution in [1.29, 1.82) is 0 Å². The molecular formula is C28H28N4. The maximum Gasteiger partial charge on any atom is 0.161 e. The van der Waals surface area contributed by atoms with Crippen LogP contribution in [0.1, 0.15) is 51.5 Å². The van der Waals surface area contributed by atoms with Crippen molar-refractivity contribution in [2.75, 3.05) is 9.80 Å². The molecule has 0 aromatic heterocycles. The van der Waals surface area contributed by atoms with Crippen molar-refractivity contribution in [3.63, 3.8) is 0 Å². The quantitative estimate of drug-likeness (QED) is 0.623. The van der Waals surface area contributed by atoms with Crippen molar-refractivity contribution in [2.45, 2.75) is 63.7 Å². The van der Waals surface area contributed by atoms with Crippen LogP contribution in [0.3, 0.4) is 0 Å². The van der Waals surface area contributed by atoms with E-state index in [1.165, 1.54) is 53.4 Å². The third kappa shape index (κ3) is 1.75. The van der Waals surface area contributed by atoms with Crippen molar-refractivity contribution in [3.8, 4) is 0 Å². The van der Waals surface area contributed by atoms with E-state index in [1.807, 2.05) is 0 Å². The number of rotatable bonds is 1. The molecule has 3 aliphatic heterocycles. The highest BCUT2D eigenvalue weighted by Crippen LogP contribution is 2.78. The van der Waals surface area contributed by atoms with Crippen molar-refractivity contribution in [2.24, 2.45) is 10.4 Å². The Bertz CT molecular complexity index is 1290. The molecule has 6 aliphatic rings. The molecule has 32 heavy (non-hydrogen) atoms. The number of nitrogens with one attached hydrogen (secondary N) is 1. The summed E-state index contributed by atoms with van der Waals surface area (Å²) in [7, 11) is 0. The van der Waals surface area contributed by atoms with Gasteiger partial charge in [0.05, 0.1) is 5.70 Å². The van der Waals surface area contributed by atoms with E-state index in [-0.39, 0.29) is 23.2 Å². The van der Waals surface area contributed by atoms with Gasteiger partial charge in [-0.2, -0.15) is 0 Å². The van der Waals surface area contributed by atoms with Gasteiger partial charge in [-0.15, -0.1) is 0 Å². The minimum absolute atomic E-state index is 0.0780. The normalized spacial score (nSPS) is 35.5. The van der Waals surface area contributed by atoms with Gasteiger partial charge in [-0.3, -0.25) is 0 Å². The predicted molar refractivity (Wildman–Crippen MR) is 129 cm³/mol. The summed E-state index contributed by atoms with van der Waals surface area (Å²) >= 11 is 0. The molecule has 160 valence electrons. The van der Waals surface area contributed by atoms with Crippen LogP contribution < -0.4 is 15.1 Å². The summed E-state index contributed by atoms with van der Waals surface area (Å²) in [5.74, 6) is 1.19. The molecule has 4 atom stereocenters. The Kier molecular flexibility index (Phi) is 3.00. The molecule has 3 heterocycles. The minimum atomic E-state index is 0.0780. The maximum absolute atomic E-state index is 5.40. The van der Waals surface area contributed by atoms with Crippen LogP contribution in [0, 0.1) is 5.41 Å². The third-order valence-electron chi connectivity index (χ3n) is 9.41. The Morgan fingerprint density at radius 3 is 2.59 bits per heavy atom. The number of anilines is 2. The molecule has 3 aliphatic carbocycles. The fourth-order valence-corrected chi connectivity index (χ4v) is 7.67. The van der Waals surface area contributed by atoms with Crippen molar-refractivity contribution in [1.82, 2.24) is 5.32 Å². The number of fused-ring (bicyclic) bond motifs is 10. The van der Waals surface area contributed by atoms with Crippen LogP contribution in [-0.4, -0.2) is 18.2 Å². The van der Waals surface area contributed by atoms with Crippen LogP contribution in [0.15, 0.2) is 82.1 Å². The lowest BCUT2D eigenvalue weighted by Crippen LogP contribution is -2.65. The Balaban J connectivity index is 1.41. The molecule has 0 spiro atoms. The SMILES string of the molecule is CC12C3=C(C3)C1(C)C1N(C3=NC4=C(CCCC4)NC3N1c1ccccc1)c1ccccc12. The lowest BCUT2D eigenvalue weighted by Gasteiger charge is -2.60. The minimum Gasteiger partial charge on any atom is -0.361 e. The van der Waals surface area contributed by atoms with Gasteiger partial charge in [0.25, 0.3) is 0 Å². The van der Waals surface area contributed by atoms with Crippen molar-refractivity contribution < 1.29 is 0 Å². The summed E-state index contributed by atoms with van der Waals surface area (Å²) in [5, 5.41) is 3.99. The van der Waals surface area contributed by atoms with Crippen LogP contribution in [0.2, 0.25) is 0 Å². The Hall–Kier alpha value is -3.01. The number of allylic oxidation sites excluding steroid dienone is 3. The molecular weight excluding hydrogens is 392 g/mol. The summed E-state index contributed by atoms with van der Waals surface area (Å²) in [6.07, 6.45) is 6.23. The van der Waals surface area contributed by atoms with E-state index in [0.717, 1.165) is 12.8 Å². The van der Waals surface area contributed by atoms with Crippen LogP contribution in [0.25, 0.3) is 0 Å². The fourth-order valence-electron chi connectivity index (χ4n) is 7.67. The Labute approximate surface area is 189 Å². The predicted octanol–water partition coefficient (Wildman–Crippen LogP) is 5.44. The van der Waals surface area contributed by atoms with Gasteiger partial charge >= 0.3 is 0 Å². The van der Waals surface area contributed by atoms with Crippen LogP contribution in [-0.2, 0) is 5.41 Å². The molecule has 0 radical (unpaired) electrons. The molecule has 4 heteroatoms.